The largest absolute Gasteiger partial charge is 0.309 e. The maximum Gasteiger partial charge on any atom is 0.239 e. The molecule has 2 aliphatic rings. The standard InChI is InChI=1S/C22H24N4OS/c27-22(15-25-12-4-8-19(25)20-9-5-13-28-20)23-21-14-18(16-10-11-16)24-26(21)17-6-2-1-3-7-17/h1-3,5-7,9,13-14,16,19H,4,8,10-12,15H2,(H,23,27)/t19-/m0/s1. The molecule has 1 aromatic carbocycles. The Hall–Kier alpha value is -2.44. The second kappa shape index (κ2) is 7.53. The third kappa shape index (κ3) is 3.62. The summed E-state index contributed by atoms with van der Waals surface area (Å²) in [5, 5.41) is 10.0. The van der Waals surface area contributed by atoms with E-state index in [9.17, 15) is 4.79 Å². The lowest BCUT2D eigenvalue weighted by Gasteiger charge is -2.22. The molecular weight excluding hydrogens is 368 g/mol. The number of para-hydroxylation sites is 1. The molecule has 0 bridgehead atoms. The maximum absolute atomic E-state index is 12.9. The average molecular weight is 393 g/mol. The van der Waals surface area contributed by atoms with Gasteiger partial charge in [0, 0.05) is 22.9 Å². The molecule has 28 heavy (non-hydrogen) atoms. The number of likely N-dealkylation sites (tertiary alicyclic amines) is 1. The number of benzene rings is 1. The number of amides is 1. The third-order valence-electron chi connectivity index (χ3n) is 5.57. The van der Waals surface area contributed by atoms with Crippen molar-refractivity contribution < 1.29 is 4.79 Å². The second-order valence-corrected chi connectivity index (χ2v) is 8.65. The van der Waals surface area contributed by atoms with E-state index in [0.29, 0.717) is 18.5 Å². The maximum atomic E-state index is 12.9. The van der Waals surface area contributed by atoms with E-state index in [1.54, 1.807) is 11.3 Å². The number of nitrogens with zero attached hydrogens (tertiary/aromatic N) is 3. The molecule has 0 unspecified atom stereocenters. The first-order chi connectivity index (χ1) is 13.8. The van der Waals surface area contributed by atoms with Gasteiger partial charge in [0.05, 0.1) is 17.9 Å². The van der Waals surface area contributed by atoms with Crippen molar-refractivity contribution in [1.82, 2.24) is 14.7 Å². The Morgan fingerprint density at radius 1 is 1.14 bits per heavy atom. The molecule has 1 saturated heterocycles. The molecule has 2 fully saturated rings. The van der Waals surface area contributed by atoms with Crippen LogP contribution in [0.15, 0.2) is 53.9 Å². The van der Waals surface area contributed by atoms with Crippen molar-refractivity contribution in [3.63, 3.8) is 0 Å². The monoisotopic (exact) mass is 392 g/mol. The van der Waals surface area contributed by atoms with Gasteiger partial charge in [0.2, 0.25) is 5.91 Å². The zero-order valence-corrected chi connectivity index (χ0v) is 16.6. The normalized spacial score (nSPS) is 19.8. The molecule has 5 nitrogen and oxygen atoms in total. The van der Waals surface area contributed by atoms with Gasteiger partial charge in [-0.25, -0.2) is 4.68 Å². The van der Waals surface area contributed by atoms with Crippen LogP contribution in [-0.2, 0) is 4.79 Å². The second-order valence-electron chi connectivity index (χ2n) is 7.67. The fraction of sp³-hybridized carbons (Fsp3) is 0.364. The van der Waals surface area contributed by atoms with Crippen molar-refractivity contribution in [2.24, 2.45) is 0 Å². The van der Waals surface area contributed by atoms with Crippen molar-refractivity contribution in [2.75, 3.05) is 18.4 Å². The highest BCUT2D eigenvalue weighted by Gasteiger charge is 2.30. The molecule has 1 N–H and O–H groups in total. The lowest BCUT2D eigenvalue weighted by molar-refractivity contribution is -0.117. The van der Waals surface area contributed by atoms with Crippen LogP contribution in [0.1, 0.15) is 48.2 Å². The van der Waals surface area contributed by atoms with Crippen LogP contribution in [-0.4, -0.2) is 33.7 Å². The molecule has 5 rings (SSSR count). The van der Waals surface area contributed by atoms with E-state index in [1.165, 1.54) is 17.7 Å². The fourth-order valence-electron chi connectivity index (χ4n) is 4.02. The van der Waals surface area contributed by atoms with Crippen LogP contribution in [0.2, 0.25) is 0 Å². The quantitative estimate of drug-likeness (QED) is 0.668. The summed E-state index contributed by atoms with van der Waals surface area (Å²) in [7, 11) is 0. The Morgan fingerprint density at radius 2 is 2.00 bits per heavy atom. The Balaban J connectivity index is 1.33. The Kier molecular flexibility index (Phi) is 4.74. The molecule has 1 saturated carbocycles. The van der Waals surface area contributed by atoms with Gasteiger partial charge < -0.3 is 5.32 Å². The predicted octanol–water partition coefficient (Wildman–Crippen LogP) is 4.59. The summed E-state index contributed by atoms with van der Waals surface area (Å²) in [6, 6.07) is 16.7. The number of hydrogen-bond acceptors (Lipinski definition) is 4. The van der Waals surface area contributed by atoms with Gasteiger partial charge >= 0.3 is 0 Å². The molecular formula is C22H24N4OS. The van der Waals surface area contributed by atoms with Crippen LogP contribution >= 0.6 is 11.3 Å². The van der Waals surface area contributed by atoms with Gasteiger partial charge in [-0.05, 0) is 55.8 Å². The number of thiophene rings is 1. The van der Waals surface area contributed by atoms with Crippen LogP contribution < -0.4 is 5.32 Å². The first kappa shape index (κ1) is 17.6. The first-order valence-corrected chi connectivity index (χ1v) is 10.9. The van der Waals surface area contributed by atoms with Crippen molar-refractivity contribution in [3.8, 4) is 5.69 Å². The molecule has 1 aliphatic carbocycles. The van der Waals surface area contributed by atoms with Crippen molar-refractivity contribution in [3.05, 3.63) is 64.5 Å². The van der Waals surface area contributed by atoms with Crippen LogP contribution in [0, 0.1) is 0 Å². The molecule has 0 spiro atoms. The number of nitrogens with one attached hydrogen (secondary N) is 1. The minimum atomic E-state index is 0.0304. The van der Waals surface area contributed by atoms with Gasteiger partial charge in [0.1, 0.15) is 5.82 Å². The van der Waals surface area contributed by atoms with E-state index in [-0.39, 0.29) is 5.91 Å². The van der Waals surface area contributed by atoms with Gasteiger partial charge in [0.15, 0.2) is 0 Å². The Bertz CT molecular complexity index is 946. The SMILES string of the molecule is O=C(CN1CCC[C@H]1c1cccs1)Nc1cc(C2CC2)nn1-c1ccccc1. The molecule has 3 heterocycles. The molecule has 144 valence electrons. The van der Waals surface area contributed by atoms with Crippen LogP contribution in [0.5, 0.6) is 0 Å². The summed E-state index contributed by atoms with van der Waals surface area (Å²) in [4.78, 5) is 16.5. The van der Waals surface area contributed by atoms with Gasteiger partial charge in [-0.2, -0.15) is 5.10 Å². The minimum absolute atomic E-state index is 0.0304. The van der Waals surface area contributed by atoms with E-state index in [0.717, 1.165) is 36.6 Å². The van der Waals surface area contributed by atoms with Crippen molar-refractivity contribution in [2.45, 2.75) is 37.6 Å². The zero-order chi connectivity index (χ0) is 18.9. The highest BCUT2D eigenvalue weighted by molar-refractivity contribution is 7.10. The minimum Gasteiger partial charge on any atom is -0.309 e. The summed E-state index contributed by atoms with van der Waals surface area (Å²) in [6.45, 7) is 1.39. The number of carbonyl (C=O) groups excluding carboxylic acids is 1. The first-order valence-electron chi connectivity index (χ1n) is 10.0. The number of hydrogen-bond donors (Lipinski definition) is 1. The topological polar surface area (TPSA) is 50.2 Å². The molecule has 1 aliphatic heterocycles. The van der Waals surface area contributed by atoms with Crippen LogP contribution in [0.4, 0.5) is 5.82 Å². The zero-order valence-electron chi connectivity index (χ0n) is 15.8. The number of carbonyl (C=O) groups is 1. The molecule has 1 atom stereocenters. The van der Waals surface area contributed by atoms with Crippen LogP contribution in [0.3, 0.4) is 0 Å². The van der Waals surface area contributed by atoms with E-state index in [2.05, 4.69) is 27.7 Å². The van der Waals surface area contributed by atoms with Gasteiger partial charge in [-0.3, -0.25) is 9.69 Å². The number of anilines is 1. The van der Waals surface area contributed by atoms with E-state index < -0.39 is 0 Å². The lowest BCUT2D eigenvalue weighted by Crippen LogP contribution is -2.33. The summed E-state index contributed by atoms with van der Waals surface area (Å²) < 4.78 is 1.87. The van der Waals surface area contributed by atoms with Crippen molar-refractivity contribution >= 4 is 23.1 Å². The van der Waals surface area contributed by atoms with Gasteiger partial charge in [0.25, 0.3) is 0 Å². The summed E-state index contributed by atoms with van der Waals surface area (Å²) in [6.07, 6.45) is 4.65. The van der Waals surface area contributed by atoms with E-state index >= 15 is 0 Å². The summed E-state index contributed by atoms with van der Waals surface area (Å²) in [5.74, 6) is 1.34. The summed E-state index contributed by atoms with van der Waals surface area (Å²) in [5.41, 5.74) is 2.05. The fourth-order valence-corrected chi connectivity index (χ4v) is 4.91. The van der Waals surface area contributed by atoms with Crippen LogP contribution in [0.25, 0.3) is 5.69 Å². The third-order valence-corrected chi connectivity index (χ3v) is 6.55. The molecule has 2 aromatic heterocycles. The highest BCUT2D eigenvalue weighted by atomic mass is 32.1. The van der Waals surface area contributed by atoms with Gasteiger partial charge in [-0.1, -0.05) is 24.3 Å². The number of rotatable bonds is 6. The predicted molar refractivity (Wildman–Crippen MR) is 112 cm³/mol. The highest BCUT2D eigenvalue weighted by Crippen LogP contribution is 2.40. The molecule has 6 heteroatoms. The smallest absolute Gasteiger partial charge is 0.239 e. The average Bonchev–Trinajstić information content (AvgIpc) is 3.10. The van der Waals surface area contributed by atoms with Crippen molar-refractivity contribution in [1.29, 1.82) is 0 Å². The van der Waals surface area contributed by atoms with E-state index in [4.69, 9.17) is 5.10 Å². The summed E-state index contributed by atoms with van der Waals surface area (Å²) >= 11 is 1.78. The lowest BCUT2D eigenvalue weighted by atomic mass is 10.2. The number of aromatic nitrogens is 2. The molecule has 3 aromatic rings. The molecule has 0 radical (unpaired) electrons. The molecule has 1 amide bonds. The Morgan fingerprint density at radius 3 is 2.75 bits per heavy atom. The van der Waals surface area contributed by atoms with Gasteiger partial charge in [-0.15, -0.1) is 11.3 Å². The van der Waals surface area contributed by atoms with E-state index in [1.807, 2.05) is 41.1 Å². The Labute approximate surface area is 169 Å².